The van der Waals surface area contributed by atoms with Gasteiger partial charge in [0.05, 0.1) is 23.3 Å². The molecule has 0 heterocycles. The lowest BCUT2D eigenvalue weighted by Crippen LogP contribution is -2.59. The smallest absolute Gasteiger partial charge is 0.235 e. The van der Waals surface area contributed by atoms with Crippen LogP contribution < -0.4 is 10.6 Å². The summed E-state index contributed by atoms with van der Waals surface area (Å²) >= 11 is 0. The van der Waals surface area contributed by atoms with Crippen molar-refractivity contribution in [2.75, 3.05) is 0 Å². The van der Waals surface area contributed by atoms with Crippen molar-refractivity contribution in [3.05, 3.63) is 0 Å². The maximum absolute atomic E-state index is 12.9. The normalized spacial score (nSPS) is 15.0. The van der Waals surface area contributed by atoms with Crippen molar-refractivity contribution in [2.24, 2.45) is 5.41 Å². The second-order valence-corrected chi connectivity index (χ2v) is 9.22. The van der Waals surface area contributed by atoms with E-state index in [1.165, 1.54) is 0 Å². The molecule has 6 nitrogen and oxygen atoms in total. The van der Waals surface area contributed by atoms with Crippen molar-refractivity contribution < 1.29 is 19.8 Å². The molecule has 0 aromatic rings. The zero-order chi connectivity index (χ0) is 22.9. The minimum atomic E-state index is -1.32. The van der Waals surface area contributed by atoms with Crippen molar-refractivity contribution in [2.45, 2.75) is 130 Å². The van der Waals surface area contributed by atoms with Crippen LogP contribution in [0.1, 0.15) is 107 Å². The Kier molecular flexibility index (Phi) is 11.4. The molecule has 2 atom stereocenters. The number of amides is 2. The molecule has 172 valence electrons. The zero-order valence-electron chi connectivity index (χ0n) is 20.0. The number of aliphatic hydroxyl groups is 2. The summed E-state index contributed by atoms with van der Waals surface area (Å²) in [6.07, 6.45) is 5.61. The molecule has 0 aliphatic rings. The van der Waals surface area contributed by atoms with Gasteiger partial charge in [0, 0.05) is 0 Å². The van der Waals surface area contributed by atoms with Gasteiger partial charge in [-0.15, -0.1) is 0 Å². The SMILES string of the molecule is CCCC(O)(CCC)[C@@H](C)NC(=O)C(C)(C)C(=O)N[C@H](C)C(O)(CCC)CCC. The maximum Gasteiger partial charge on any atom is 0.235 e. The third-order valence-corrected chi connectivity index (χ3v) is 6.17. The minimum Gasteiger partial charge on any atom is -0.388 e. The second kappa shape index (κ2) is 11.9. The Morgan fingerprint density at radius 2 is 0.931 bits per heavy atom. The van der Waals surface area contributed by atoms with Crippen LogP contribution in [0, 0.1) is 5.41 Å². The number of hydrogen-bond acceptors (Lipinski definition) is 4. The molecule has 0 saturated heterocycles. The quantitative estimate of drug-likeness (QED) is 0.326. The van der Waals surface area contributed by atoms with Gasteiger partial charge in [-0.05, 0) is 53.4 Å². The van der Waals surface area contributed by atoms with E-state index in [1.54, 1.807) is 27.7 Å². The molecule has 6 heteroatoms. The van der Waals surface area contributed by atoms with Gasteiger partial charge in [0.15, 0.2) is 0 Å². The fourth-order valence-electron chi connectivity index (χ4n) is 3.97. The summed E-state index contributed by atoms with van der Waals surface area (Å²) in [5.41, 5.74) is -3.29. The van der Waals surface area contributed by atoms with E-state index in [-0.39, 0.29) is 0 Å². The van der Waals surface area contributed by atoms with Gasteiger partial charge >= 0.3 is 0 Å². The molecule has 2 amide bonds. The molecule has 0 fully saturated rings. The Labute approximate surface area is 178 Å². The van der Waals surface area contributed by atoms with Gasteiger partial charge in [0.2, 0.25) is 11.8 Å². The molecular formula is C23H46N2O4. The summed E-state index contributed by atoms with van der Waals surface area (Å²) < 4.78 is 0. The third kappa shape index (κ3) is 7.56. The Morgan fingerprint density at radius 3 is 1.14 bits per heavy atom. The predicted molar refractivity (Wildman–Crippen MR) is 119 cm³/mol. The molecule has 0 aliphatic heterocycles. The number of carbonyl (C=O) groups is 2. The first-order chi connectivity index (χ1) is 13.3. The largest absolute Gasteiger partial charge is 0.388 e. The van der Waals surface area contributed by atoms with Crippen molar-refractivity contribution in [1.29, 1.82) is 0 Å². The summed E-state index contributed by atoms with van der Waals surface area (Å²) in [7, 11) is 0. The highest BCUT2D eigenvalue weighted by atomic mass is 16.3. The topological polar surface area (TPSA) is 98.7 Å². The summed E-state index contributed by atoms with van der Waals surface area (Å²) in [6.45, 7) is 14.7. The Balaban J connectivity index is 5.25. The average Bonchev–Trinajstić information content (AvgIpc) is 2.62. The minimum absolute atomic E-state index is 0.421. The van der Waals surface area contributed by atoms with E-state index >= 15 is 0 Å². The van der Waals surface area contributed by atoms with Crippen LogP contribution in [0.5, 0.6) is 0 Å². The predicted octanol–water partition coefficient (Wildman–Crippen LogP) is 3.68. The van der Waals surface area contributed by atoms with Gasteiger partial charge in [0.25, 0.3) is 0 Å². The van der Waals surface area contributed by atoms with Gasteiger partial charge in [0.1, 0.15) is 5.41 Å². The first kappa shape index (κ1) is 27.9. The van der Waals surface area contributed by atoms with Crippen LogP contribution in [0.25, 0.3) is 0 Å². The number of rotatable bonds is 14. The van der Waals surface area contributed by atoms with Gasteiger partial charge in [-0.1, -0.05) is 53.4 Å². The van der Waals surface area contributed by atoms with Gasteiger partial charge < -0.3 is 20.8 Å². The molecule has 0 unspecified atom stereocenters. The number of carbonyl (C=O) groups excluding carboxylic acids is 2. The standard InChI is InChI=1S/C23H46N2O4/c1-9-13-22(28,14-10-2)17(5)24-19(26)21(7,8)20(27)25-18(6)23(29,15-11-3)16-12-4/h17-18,28-29H,9-16H2,1-8H3,(H,24,26)(H,25,27)/t17-,18-/m1/s1. The second-order valence-electron chi connectivity index (χ2n) is 9.22. The third-order valence-electron chi connectivity index (χ3n) is 6.17. The van der Waals surface area contributed by atoms with Gasteiger partial charge in [-0.3, -0.25) is 9.59 Å². The van der Waals surface area contributed by atoms with Crippen LogP contribution in [0.15, 0.2) is 0 Å². The van der Waals surface area contributed by atoms with Crippen LogP contribution in [-0.2, 0) is 9.59 Å². The summed E-state index contributed by atoms with van der Waals surface area (Å²) in [5.74, 6) is -0.843. The lowest BCUT2D eigenvalue weighted by molar-refractivity contribution is -0.145. The molecule has 29 heavy (non-hydrogen) atoms. The van der Waals surface area contributed by atoms with E-state index in [2.05, 4.69) is 10.6 Å². The van der Waals surface area contributed by atoms with E-state index in [1.807, 2.05) is 27.7 Å². The lowest BCUT2D eigenvalue weighted by Gasteiger charge is -2.38. The van der Waals surface area contributed by atoms with Crippen LogP contribution in [0.2, 0.25) is 0 Å². The van der Waals surface area contributed by atoms with Crippen LogP contribution in [0.3, 0.4) is 0 Å². The van der Waals surface area contributed by atoms with E-state index in [9.17, 15) is 19.8 Å². The van der Waals surface area contributed by atoms with E-state index < -0.39 is 40.5 Å². The Morgan fingerprint density at radius 1 is 0.690 bits per heavy atom. The van der Waals surface area contributed by atoms with Crippen molar-refractivity contribution >= 4 is 11.8 Å². The van der Waals surface area contributed by atoms with E-state index in [4.69, 9.17) is 0 Å². The van der Waals surface area contributed by atoms with Crippen molar-refractivity contribution in [3.8, 4) is 0 Å². The monoisotopic (exact) mass is 414 g/mol. The van der Waals surface area contributed by atoms with Crippen LogP contribution in [0.4, 0.5) is 0 Å². The van der Waals surface area contributed by atoms with Crippen LogP contribution >= 0.6 is 0 Å². The maximum atomic E-state index is 12.9. The van der Waals surface area contributed by atoms with Crippen LogP contribution in [-0.4, -0.2) is 45.3 Å². The highest BCUT2D eigenvalue weighted by Crippen LogP contribution is 2.27. The average molecular weight is 415 g/mol. The first-order valence-electron chi connectivity index (χ1n) is 11.4. The first-order valence-corrected chi connectivity index (χ1v) is 11.4. The molecule has 0 aromatic heterocycles. The lowest BCUT2D eigenvalue weighted by atomic mass is 9.83. The molecule has 0 saturated carbocycles. The molecule has 0 bridgehead atoms. The van der Waals surface area contributed by atoms with Crippen molar-refractivity contribution in [1.82, 2.24) is 10.6 Å². The highest BCUT2D eigenvalue weighted by molar-refractivity contribution is 6.04. The summed E-state index contributed by atoms with van der Waals surface area (Å²) in [6, 6.07) is -0.923. The fraction of sp³-hybridized carbons (Fsp3) is 0.913. The fourth-order valence-corrected chi connectivity index (χ4v) is 3.97. The Hall–Kier alpha value is -1.14. The molecule has 0 radical (unpaired) electrons. The van der Waals surface area contributed by atoms with Gasteiger partial charge in [-0.25, -0.2) is 0 Å². The van der Waals surface area contributed by atoms with E-state index in [0.717, 1.165) is 25.7 Å². The molecule has 0 aromatic carbocycles. The molecular weight excluding hydrogens is 368 g/mol. The Bertz CT molecular complexity index is 463. The van der Waals surface area contributed by atoms with Crippen molar-refractivity contribution in [3.63, 3.8) is 0 Å². The highest BCUT2D eigenvalue weighted by Gasteiger charge is 2.42. The van der Waals surface area contributed by atoms with E-state index in [0.29, 0.717) is 25.7 Å². The molecule has 0 rings (SSSR count). The summed E-state index contributed by atoms with van der Waals surface area (Å²) in [5, 5.41) is 27.6. The number of nitrogens with one attached hydrogen (secondary N) is 2. The van der Waals surface area contributed by atoms with Gasteiger partial charge in [-0.2, -0.15) is 0 Å². The zero-order valence-corrected chi connectivity index (χ0v) is 20.0. The molecule has 4 N–H and O–H groups in total. The number of hydrogen-bond donors (Lipinski definition) is 4. The molecule has 0 aliphatic carbocycles. The molecule has 0 spiro atoms. The summed E-state index contributed by atoms with van der Waals surface area (Å²) in [4.78, 5) is 25.8.